The molecule has 0 saturated heterocycles. The van der Waals surface area contributed by atoms with Gasteiger partial charge in [-0.25, -0.2) is 4.79 Å². The van der Waals surface area contributed by atoms with Gasteiger partial charge >= 0.3 is 5.97 Å². The number of hydrogen-bond acceptors (Lipinski definition) is 2. The summed E-state index contributed by atoms with van der Waals surface area (Å²) in [6, 6.07) is 11.2. The van der Waals surface area contributed by atoms with Crippen molar-refractivity contribution in [3.05, 3.63) is 42.0 Å². The van der Waals surface area contributed by atoms with Crippen LogP contribution >= 0.6 is 0 Å². The molecule has 0 bridgehead atoms. The van der Waals surface area contributed by atoms with E-state index in [1.54, 1.807) is 6.07 Å². The number of aromatic carboxylic acids is 1. The lowest BCUT2D eigenvalue weighted by Gasteiger charge is -2.25. The largest absolute Gasteiger partial charge is 0.492 e. The Morgan fingerprint density at radius 1 is 1.21 bits per heavy atom. The lowest BCUT2D eigenvalue weighted by atomic mass is 9.86. The molecule has 0 atom stereocenters. The Bertz CT molecular complexity index is 614. The van der Waals surface area contributed by atoms with E-state index in [4.69, 9.17) is 4.74 Å². The summed E-state index contributed by atoms with van der Waals surface area (Å²) in [6.07, 6.45) is 3.63. The van der Waals surface area contributed by atoms with Crippen molar-refractivity contribution < 1.29 is 14.6 Å². The molecule has 1 aliphatic carbocycles. The van der Waals surface area contributed by atoms with E-state index in [-0.39, 0.29) is 5.56 Å². The molecule has 1 fully saturated rings. The topological polar surface area (TPSA) is 46.5 Å². The normalized spacial score (nSPS) is 15.2. The van der Waals surface area contributed by atoms with Gasteiger partial charge in [0, 0.05) is 5.39 Å². The zero-order valence-corrected chi connectivity index (χ0v) is 10.6. The van der Waals surface area contributed by atoms with Gasteiger partial charge in [-0.3, -0.25) is 0 Å². The first-order valence-electron chi connectivity index (χ1n) is 6.63. The molecule has 3 rings (SSSR count). The third-order valence-electron chi connectivity index (χ3n) is 3.80. The molecular weight excluding hydrogens is 240 g/mol. The van der Waals surface area contributed by atoms with Gasteiger partial charge in [-0.2, -0.15) is 0 Å². The second-order valence-corrected chi connectivity index (χ2v) is 5.08. The van der Waals surface area contributed by atoms with Crippen LogP contribution in [0.5, 0.6) is 5.75 Å². The van der Waals surface area contributed by atoms with Crippen LogP contribution in [-0.4, -0.2) is 17.7 Å². The quantitative estimate of drug-likeness (QED) is 0.906. The van der Waals surface area contributed by atoms with E-state index < -0.39 is 5.97 Å². The molecule has 1 N–H and O–H groups in total. The summed E-state index contributed by atoms with van der Waals surface area (Å²) in [4.78, 5) is 11.3. The van der Waals surface area contributed by atoms with E-state index in [1.807, 2.05) is 30.3 Å². The molecule has 0 spiro atoms. The third-order valence-corrected chi connectivity index (χ3v) is 3.80. The molecule has 3 heteroatoms. The van der Waals surface area contributed by atoms with Crippen LogP contribution in [0.25, 0.3) is 10.8 Å². The van der Waals surface area contributed by atoms with Gasteiger partial charge in [0.25, 0.3) is 0 Å². The summed E-state index contributed by atoms with van der Waals surface area (Å²) in [5, 5.41) is 11.2. The van der Waals surface area contributed by atoms with E-state index in [1.165, 1.54) is 19.3 Å². The van der Waals surface area contributed by atoms with Crippen LogP contribution in [0.15, 0.2) is 36.4 Å². The van der Waals surface area contributed by atoms with Gasteiger partial charge in [0.15, 0.2) is 0 Å². The summed E-state index contributed by atoms with van der Waals surface area (Å²) in [7, 11) is 0. The van der Waals surface area contributed by atoms with E-state index in [0.717, 1.165) is 10.8 Å². The monoisotopic (exact) mass is 256 g/mol. The van der Waals surface area contributed by atoms with E-state index in [2.05, 4.69) is 0 Å². The summed E-state index contributed by atoms with van der Waals surface area (Å²) >= 11 is 0. The fourth-order valence-corrected chi connectivity index (χ4v) is 2.43. The molecule has 19 heavy (non-hydrogen) atoms. The lowest BCUT2D eigenvalue weighted by Crippen LogP contribution is -2.20. The van der Waals surface area contributed by atoms with Gasteiger partial charge in [0.2, 0.25) is 0 Å². The fraction of sp³-hybridized carbons (Fsp3) is 0.312. The highest BCUT2D eigenvalue weighted by Crippen LogP contribution is 2.32. The van der Waals surface area contributed by atoms with Crippen molar-refractivity contribution in [2.75, 3.05) is 6.61 Å². The van der Waals surface area contributed by atoms with Gasteiger partial charge in [0.1, 0.15) is 11.3 Å². The minimum atomic E-state index is -0.936. The predicted molar refractivity (Wildman–Crippen MR) is 73.7 cm³/mol. The average Bonchev–Trinajstić information content (AvgIpc) is 2.36. The number of benzene rings is 2. The molecule has 3 nitrogen and oxygen atoms in total. The minimum absolute atomic E-state index is 0.248. The molecule has 0 aromatic heterocycles. The van der Waals surface area contributed by atoms with Gasteiger partial charge < -0.3 is 9.84 Å². The Kier molecular flexibility index (Phi) is 3.11. The number of carboxylic acid groups (broad SMARTS) is 1. The van der Waals surface area contributed by atoms with Gasteiger partial charge in [-0.1, -0.05) is 36.8 Å². The van der Waals surface area contributed by atoms with Crippen molar-refractivity contribution in [3.8, 4) is 5.75 Å². The lowest BCUT2D eigenvalue weighted by molar-refractivity contribution is 0.0690. The summed E-state index contributed by atoms with van der Waals surface area (Å²) in [5.41, 5.74) is 0.248. The molecule has 1 saturated carbocycles. The van der Waals surface area contributed by atoms with Crippen molar-refractivity contribution >= 4 is 16.7 Å². The van der Waals surface area contributed by atoms with E-state index >= 15 is 0 Å². The molecule has 1 aliphatic rings. The molecular formula is C16H16O3. The summed E-state index contributed by atoms with van der Waals surface area (Å²) < 4.78 is 5.83. The Hall–Kier alpha value is -2.03. The molecule has 0 heterocycles. The van der Waals surface area contributed by atoms with Crippen LogP contribution in [0.2, 0.25) is 0 Å². The zero-order chi connectivity index (χ0) is 13.2. The maximum Gasteiger partial charge on any atom is 0.339 e. The number of ether oxygens (including phenoxy) is 1. The van der Waals surface area contributed by atoms with Gasteiger partial charge in [-0.15, -0.1) is 0 Å². The highest BCUT2D eigenvalue weighted by atomic mass is 16.5. The van der Waals surface area contributed by atoms with E-state index in [9.17, 15) is 9.90 Å². The van der Waals surface area contributed by atoms with Crippen LogP contribution in [0.1, 0.15) is 29.6 Å². The predicted octanol–water partition coefficient (Wildman–Crippen LogP) is 3.72. The number of hydrogen-bond donors (Lipinski definition) is 1. The number of carboxylic acids is 1. The average molecular weight is 256 g/mol. The number of rotatable bonds is 4. The first-order chi connectivity index (χ1) is 9.25. The van der Waals surface area contributed by atoms with Crippen LogP contribution in [0.3, 0.4) is 0 Å². The molecule has 0 unspecified atom stereocenters. The maximum atomic E-state index is 11.3. The van der Waals surface area contributed by atoms with Crippen LogP contribution in [-0.2, 0) is 0 Å². The second kappa shape index (κ2) is 4.92. The third kappa shape index (κ3) is 2.28. The van der Waals surface area contributed by atoms with Crippen molar-refractivity contribution in [3.63, 3.8) is 0 Å². The van der Waals surface area contributed by atoms with Crippen molar-refractivity contribution in [1.29, 1.82) is 0 Å². The molecule has 0 amide bonds. The van der Waals surface area contributed by atoms with Crippen molar-refractivity contribution in [2.45, 2.75) is 19.3 Å². The van der Waals surface area contributed by atoms with Gasteiger partial charge in [0.05, 0.1) is 6.61 Å². The molecule has 0 radical (unpaired) electrons. The molecule has 2 aromatic rings. The van der Waals surface area contributed by atoms with Crippen LogP contribution in [0, 0.1) is 5.92 Å². The number of carbonyl (C=O) groups is 1. The highest BCUT2D eigenvalue weighted by molar-refractivity contribution is 6.00. The van der Waals surface area contributed by atoms with Crippen molar-refractivity contribution in [1.82, 2.24) is 0 Å². The van der Waals surface area contributed by atoms with Crippen LogP contribution < -0.4 is 4.74 Å². The Balaban J connectivity index is 2.00. The Labute approximate surface area is 111 Å². The Morgan fingerprint density at radius 3 is 2.68 bits per heavy atom. The second-order valence-electron chi connectivity index (χ2n) is 5.08. The Morgan fingerprint density at radius 2 is 2.00 bits per heavy atom. The molecule has 98 valence electrons. The molecule has 0 aliphatic heterocycles. The fourth-order valence-electron chi connectivity index (χ4n) is 2.43. The number of fused-ring (bicyclic) bond motifs is 1. The smallest absolute Gasteiger partial charge is 0.339 e. The summed E-state index contributed by atoms with van der Waals surface area (Å²) in [5.74, 6) is 0.160. The zero-order valence-electron chi connectivity index (χ0n) is 10.6. The van der Waals surface area contributed by atoms with E-state index in [0.29, 0.717) is 18.3 Å². The first kappa shape index (κ1) is 12.0. The molecule has 2 aromatic carbocycles. The van der Waals surface area contributed by atoms with Crippen molar-refractivity contribution in [2.24, 2.45) is 5.92 Å². The standard InChI is InChI=1S/C16H16O3/c17-16(18)14-9-8-12-6-1-2-7-13(12)15(14)19-10-11-4-3-5-11/h1-2,6-9,11H,3-5,10H2,(H,17,18). The van der Waals surface area contributed by atoms with Crippen LogP contribution in [0.4, 0.5) is 0 Å². The maximum absolute atomic E-state index is 11.3. The highest BCUT2D eigenvalue weighted by Gasteiger charge is 2.20. The van der Waals surface area contributed by atoms with Gasteiger partial charge in [-0.05, 0) is 30.2 Å². The first-order valence-corrected chi connectivity index (χ1v) is 6.63. The summed E-state index contributed by atoms with van der Waals surface area (Å²) in [6.45, 7) is 0.619. The SMILES string of the molecule is O=C(O)c1ccc2ccccc2c1OCC1CCC1. The minimum Gasteiger partial charge on any atom is -0.492 e.